The molecule has 1 aromatic heterocycles. The number of para-hydroxylation sites is 1. The van der Waals surface area contributed by atoms with Crippen LogP contribution in [0.15, 0.2) is 34.7 Å². The van der Waals surface area contributed by atoms with E-state index in [-0.39, 0.29) is 15.6 Å². The highest BCUT2D eigenvalue weighted by molar-refractivity contribution is 7.91. The molecule has 118 valence electrons. The minimum absolute atomic E-state index is 0.162. The largest absolute Gasteiger partial charge is 0.755 e. The molecule has 1 atom stereocenters. The molecule has 0 bridgehead atoms. The Labute approximate surface area is 132 Å². The smallest absolute Gasteiger partial charge is 0.357 e. The molecule has 1 N–H and O–H groups in total. The maximum atomic E-state index is 11.8. The number of carboxylic acid groups (broad SMARTS) is 1. The Bertz CT molecular complexity index is 845. The molecule has 0 saturated heterocycles. The molecule has 22 heavy (non-hydrogen) atoms. The van der Waals surface area contributed by atoms with E-state index in [1.54, 1.807) is 0 Å². The van der Waals surface area contributed by atoms with Crippen LogP contribution in [0.25, 0.3) is 0 Å². The second-order valence-electron chi connectivity index (χ2n) is 4.06. The van der Waals surface area contributed by atoms with Gasteiger partial charge >= 0.3 is 5.97 Å². The molecule has 1 heterocycles. The highest BCUT2D eigenvalue weighted by Gasteiger charge is 2.25. The molecular formula is C11H9N2O6S3-. The van der Waals surface area contributed by atoms with Crippen molar-refractivity contribution in [2.45, 2.75) is 4.90 Å². The summed E-state index contributed by atoms with van der Waals surface area (Å²) in [5.74, 6) is -1.41. The van der Waals surface area contributed by atoms with Crippen molar-refractivity contribution in [2.75, 3.05) is 10.6 Å². The second-order valence-corrected chi connectivity index (χ2v) is 7.68. The molecule has 11 heteroatoms. The van der Waals surface area contributed by atoms with E-state index in [0.717, 1.165) is 17.6 Å². The summed E-state index contributed by atoms with van der Waals surface area (Å²) >= 11 is -2.16. The zero-order chi connectivity index (χ0) is 16.5. The quantitative estimate of drug-likeness (QED) is 0.792. The first-order valence-electron chi connectivity index (χ1n) is 5.59. The summed E-state index contributed by atoms with van der Waals surface area (Å²) in [6.07, 6.45) is 0.933. The van der Waals surface area contributed by atoms with Crippen molar-refractivity contribution in [3.63, 3.8) is 0 Å². The Balaban J connectivity index is 2.73. The van der Waals surface area contributed by atoms with Gasteiger partial charge in [-0.05, 0) is 12.1 Å². The van der Waals surface area contributed by atoms with Crippen LogP contribution in [-0.4, -0.2) is 39.5 Å². The molecule has 0 saturated carbocycles. The lowest BCUT2D eigenvalue weighted by Crippen LogP contribution is -2.22. The second kappa shape index (κ2) is 6.12. The van der Waals surface area contributed by atoms with Gasteiger partial charge in [-0.1, -0.05) is 12.1 Å². The number of aromatic carboxylic acids is 1. The molecule has 0 radical (unpaired) electrons. The number of carboxylic acids is 1. The molecule has 0 aliphatic carbocycles. The van der Waals surface area contributed by atoms with Gasteiger partial charge in [0.25, 0.3) is 0 Å². The average Bonchev–Trinajstić information content (AvgIpc) is 2.87. The van der Waals surface area contributed by atoms with E-state index in [1.165, 1.54) is 29.8 Å². The Morgan fingerprint density at radius 2 is 2.05 bits per heavy atom. The lowest BCUT2D eigenvalue weighted by Gasteiger charge is -2.26. The Kier molecular flexibility index (Phi) is 4.60. The monoisotopic (exact) mass is 361 g/mol. The average molecular weight is 361 g/mol. The Morgan fingerprint density at radius 3 is 2.59 bits per heavy atom. The summed E-state index contributed by atoms with van der Waals surface area (Å²) in [6.45, 7) is 0. The molecule has 2 aromatic rings. The van der Waals surface area contributed by atoms with Gasteiger partial charge in [0.1, 0.15) is 5.00 Å². The van der Waals surface area contributed by atoms with Gasteiger partial charge in [-0.3, -0.25) is 8.51 Å². The Morgan fingerprint density at radius 1 is 1.41 bits per heavy atom. The molecule has 0 fully saturated rings. The number of sulfone groups is 1. The maximum Gasteiger partial charge on any atom is 0.357 e. The highest BCUT2D eigenvalue weighted by atomic mass is 32.2. The van der Waals surface area contributed by atoms with Crippen LogP contribution in [0, 0.1) is 0 Å². The van der Waals surface area contributed by atoms with Gasteiger partial charge in [0.05, 0.1) is 27.4 Å². The van der Waals surface area contributed by atoms with E-state index >= 15 is 0 Å². The first-order chi connectivity index (χ1) is 10.2. The van der Waals surface area contributed by atoms with E-state index in [9.17, 15) is 22.0 Å². The number of rotatable bonds is 5. The van der Waals surface area contributed by atoms with Crippen molar-refractivity contribution in [1.82, 2.24) is 4.98 Å². The van der Waals surface area contributed by atoms with Crippen molar-refractivity contribution in [3.05, 3.63) is 35.5 Å². The van der Waals surface area contributed by atoms with Crippen molar-refractivity contribution < 1.29 is 27.1 Å². The van der Waals surface area contributed by atoms with E-state index in [0.29, 0.717) is 4.31 Å². The zero-order valence-corrected chi connectivity index (χ0v) is 13.4. The maximum absolute atomic E-state index is 11.8. The SMILES string of the molecule is CS(=O)(=O)c1ccccc1N(c1scnc1C(=O)O)S(=O)[O-]. The lowest BCUT2D eigenvalue weighted by molar-refractivity contribution is 0.0692. The standard InChI is InChI=1S/C11H10N2O6S3/c1-22(18,19)8-5-3-2-4-7(8)13(21(16)17)10-9(11(14)15)12-6-20-10/h2-6H,1H3,(H,14,15)(H,16,17)/p-1. The summed E-state index contributed by atoms with van der Waals surface area (Å²) in [7, 11) is -3.71. The molecule has 0 aliphatic heterocycles. The number of nitrogens with zero attached hydrogens (tertiary/aromatic N) is 2. The van der Waals surface area contributed by atoms with Crippen LogP contribution in [0.1, 0.15) is 10.5 Å². The first-order valence-corrected chi connectivity index (χ1v) is 9.39. The molecule has 0 spiro atoms. The number of hydrogen-bond donors (Lipinski definition) is 1. The number of anilines is 2. The predicted molar refractivity (Wildman–Crippen MR) is 79.7 cm³/mol. The summed E-state index contributed by atoms with van der Waals surface area (Å²) in [4.78, 5) is 14.5. The van der Waals surface area contributed by atoms with Crippen molar-refractivity contribution in [3.8, 4) is 0 Å². The van der Waals surface area contributed by atoms with Crippen molar-refractivity contribution in [2.24, 2.45) is 0 Å². The number of thiazole rings is 1. The number of carbonyl (C=O) groups is 1. The molecule has 1 aromatic carbocycles. The highest BCUT2D eigenvalue weighted by Crippen LogP contribution is 2.36. The van der Waals surface area contributed by atoms with Crippen LogP contribution in [0.5, 0.6) is 0 Å². The van der Waals surface area contributed by atoms with Crippen LogP contribution < -0.4 is 4.31 Å². The van der Waals surface area contributed by atoms with Crippen molar-refractivity contribution in [1.29, 1.82) is 0 Å². The lowest BCUT2D eigenvalue weighted by atomic mass is 10.3. The summed E-state index contributed by atoms with van der Waals surface area (Å²) in [5.41, 5.74) is 0.532. The van der Waals surface area contributed by atoms with E-state index in [1.807, 2.05) is 0 Å². The van der Waals surface area contributed by atoms with Crippen LogP contribution in [0.3, 0.4) is 0 Å². The van der Waals surface area contributed by atoms with Gasteiger partial charge in [-0.2, -0.15) is 0 Å². The Hall–Kier alpha value is -1.82. The molecule has 8 nitrogen and oxygen atoms in total. The fourth-order valence-electron chi connectivity index (χ4n) is 1.73. The van der Waals surface area contributed by atoms with E-state index in [4.69, 9.17) is 5.11 Å². The minimum Gasteiger partial charge on any atom is -0.755 e. The molecular weight excluding hydrogens is 352 g/mol. The summed E-state index contributed by atoms with van der Waals surface area (Å²) < 4.78 is 47.4. The van der Waals surface area contributed by atoms with Gasteiger partial charge < -0.3 is 9.66 Å². The van der Waals surface area contributed by atoms with Crippen LogP contribution in [0.4, 0.5) is 10.7 Å². The first kappa shape index (κ1) is 16.5. The molecule has 0 amide bonds. The van der Waals surface area contributed by atoms with Crippen molar-refractivity contribution >= 4 is 49.1 Å². The normalized spacial score (nSPS) is 12.8. The minimum atomic E-state index is -3.71. The van der Waals surface area contributed by atoms with Crippen LogP contribution >= 0.6 is 11.3 Å². The molecule has 0 aliphatic rings. The van der Waals surface area contributed by atoms with E-state index < -0.39 is 32.8 Å². The number of aromatic nitrogens is 1. The van der Waals surface area contributed by atoms with Crippen LogP contribution in [0.2, 0.25) is 0 Å². The van der Waals surface area contributed by atoms with Crippen LogP contribution in [-0.2, 0) is 21.1 Å². The van der Waals surface area contributed by atoms with Gasteiger partial charge in [0.2, 0.25) is 0 Å². The van der Waals surface area contributed by atoms with Gasteiger partial charge in [0, 0.05) is 6.26 Å². The van der Waals surface area contributed by atoms with Gasteiger partial charge in [-0.15, -0.1) is 11.3 Å². The third kappa shape index (κ3) is 3.16. The van der Waals surface area contributed by atoms with Gasteiger partial charge in [-0.25, -0.2) is 18.2 Å². The summed E-state index contributed by atoms with van der Waals surface area (Å²) in [6, 6.07) is 5.41. The molecule has 1 unspecified atom stereocenters. The zero-order valence-electron chi connectivity index (χ0n) is 11.0. The fraction of sp³-hybridized carbons (Fsp3) is 0.0909. The number of hydrogen-bond acceptors (Lipinski definition) is 7. The third-order valence-electron chi connectivity index (χ3n) is 2.57. The number of benzene rings is 1. The van der Waals surface area contributed by atoms with Gasteiger partial charge in [0.15, 0.2) is 15.5 Å². The third-order valence-corrected chi connectivity index (χ3v) is 5.32. The molecule has 2 rings (SSSR count). The topological polar surface area (TPSA) is 128 Å². The van der Waals surface area contributed by atoms with E-state index in [2.05, 4.69) is 4.98 Å². The fourth-order valence-corrected chi connectivity index (χ4v) is 4.21. The summed E-state index contributed by atoms with van der Waals surface area (Å²) in [5, 5.41) is 8.86. The predicted octanol–water partition coefficient (Wildman–Crippen LogP) is 1.18.